The summed E-state index contributed by atoms with van der Waals surface area (Å²) in [7, 11) is 0. The van der Waals surface area contributed by atoms with E-state index < -0.39 is 0 Å². The van der Waals surface area contributed by atoms with Crippen LogP contribution in [0, 0.1) is 0 Å². The van der Waals surface area contributed by atoms with Gasteiger partial charge in [0.1, 0.15) is 16.2 Å². The molecule has 5 nitrogen and oxygen atoms in total. The topological polar surface area (TPSA) is 59.0 Å². The first kappa shape index (κ1) is 20.2. The molecule has 0 aromatic carbocycles. The van der Waals surface area contributed by atoms with E-state index in [1.807, 2.05) is 4.90 Å². The van der Waals surface area contributed by atoms with Crippen molar-refractivity contribution in [3.8, 4) is 0 Å². The maximum absolute atomic E-state index is 12.6. The number of hydrogen-bond acceptors (Lipinski definition) is 6. The van der Waals surface area contributed by atoms with E-state index in [0.29, 0.717) is 11.7 Å². The molecular formula is C23H28N4OS2. The molecule has 3 aromatic rings. The SMILES string of the molecule is CC(C)c1nc2sc3c(SCC(=O)N4CCCCC4)ncnc3c2c2c1CCCC2. The van der Waals surface area contributed by atoms with Crippen LogP contribution in [0.1, 0.15) is 68.7 Å². The molecule has 1 aliphatic carbocycles. The van der Waals surface area contributed by atoms with Crippen LogP contribution in [0.15, 0.2) is 11.4 Å². The van der Waals surface area contributed by atoms with Gasteiger partial charge in [0.05, 0.1) is 16.0 Å². The zero-order valence-corrected chi connectivity index (χ0v) is 19.4. The number of carbonyl (C=O) groups is 1. The number of amides is 1. The van der Waals surface area contributed by atoms with Crippen LogP contribution in [0.4, 0.5) is 0 Å². The molecule has 1 fully saturated rings. The minimum atomic E-state index is 0.227. The van der Waals surface area contributed by atoms with Crippen molar-refractivity contribution in [1.82, 2.24) is 19.9 Å². The first-order chi connectivity index (χ1) is 14.6. The minimum Gasteiger partial charge on any atom is -0.342 e. The molecule has 0 bridgehead atoms. The highest BCUT2D eigenvalue weighted by Crippen LogP contribution is 2.42. The van der Waals surface area contributed by atoms with Crippen LogP contribution in [0.5, 0.6) is 0 Å². The Bertz CT molecular complexity index is 1100. The van der Waals surface area contributed by atoms with Crippen LogP contribution in [-0.4, -0.2) is 44.6 Å². The van der Waals surface area contributed by atoms with Gasteiger partial charge in [0.15, 0.2) is 0 Å². The molecular weight excluding hydrogens is 412 g/mol. The van der Waals surface area contributed by atoms with Crippen molar-refractivity contribution >= 4 is 49.4 Å². The van der Waals surface area contributed by atoms with Gasteiger partial charge in [0.2, 0.25) is 5.91 Å². The Balaban J connectivity index is 1.53. The molecule has 0 atom stereocenters. The van der Waals surface area contributed by atoms with Crippen molar-refractivity contribution in [2.45, 2.75) is 69.7 Å². The quantitative estimate of drug-likeness (QED) is 0.404. The summed E-state index contributed by atoms with van der Waals surface area (Å²) in [5.41, 5.74) is 5.20. The molecule has 1 aliphatic heterocycles. The second-order valence-electron chi connectivity index (χ2n) is 8.68. The van der Waals surface area contributed by atoms with Crippen molar-refractivity contribution in [2.75, 3.05) is 18.8 Å². The number of rotatable bonds is 4. The van der Waals surface area contributed by atoms with Crippen LogP contribution in [-0.2, 0) is 17.6 Å². The summed E-state index contributed by atoms with van der Waals surface area (Å²) in [6.45, 7) is 6.28. The van der Waals surface area contributed by atoms with Gasteiger partial charge in [0.25, 0.3) is 0 Å². The number of likely N-dealkylation sites (tertiary alicyclic amines) is 1. The number of pyridine rings is 1. The summed E-state index contributed by atoms with van der Waals surface area (Å²) in [6.07, 6.45) is 9.86. The lowest BCUT2D eigenvalue weighted by Gasteiger charge is -2.26. The molecule has 30 heavy (non-hydrogen) atoms. The predicted molar refractivity (Wildman–Crippen MR) is 125 cm³/mol. The van der Waals surface area contributed by atoms with E-state index in [9.17, 15) is 4.79 Å². The fourth-order valence-electron chi connectivity index (χ4n) is 4.81. The van der Waals surface area contributed by atoms with Crippen molar-refractivity contribution in [3.05, 3.63) is 23.1 Å². The second kappa shape index (κ2) is 8.42. The lowest BCUT2D eigenvalue weighted by molar-refractivity contribution is -0.129. The van der Waals surface area contributed by atoms with Crippen LogP contribution < -0.4 is 0 Å². The Morgan fingerprint density at radius 1 is 1.10 bits per heavy atom. The third-order valence-electron chi connectivity index (χ3n) is 6.31. The van der Waals surface area contributed by atoms with E-state index in [1.54, 1.807) is 29.4 Å². The number of fused-ring (bicyclic) bond motifs is 5. The van der Waals surface area contributed by atoms with Gasteiger partial charge in [-0.1, -0.05) is 25.6 Å². The molecule has 0 saturated carbocycles. The number of thiophene rings is 1. The van der Waals surface area contributed by atoms with E-state index in [4.69, 9.17) is 4.98 Å². The van der Waals surface area contributed by atoms with Gasteiger partial charge in [-0.05, 0) is 62.0 Å². The Morgan fingerprint density at radius 3 is 2.63 bits per heavy atom. The largest absolute Gasteiger partial charge is 0.342 e. The average Bonchev–Trinajstić information content (AvgIpc) is 3.17. The molecule has 0 N–H and O–H groups in total. The van der Waals surface area contributed by atoms with Gasteiger partial charge in [-0.15, -0.1) is 11.3 Å². The summed E-state index contributed by atoms with van der Waals surface area (Å²) in [6, 6.07) is 0. The zero-order chi connectivity index (χ0) is 20.7. The van der Waals surface area contributed by atoms with E-state index in [2.05, 4.69) is 23.8 Å². The number of hydrogen-bond donors (Lipinski definition) is 0. The Labute approximate surface area is 185 Å². The van der Waals surface area contributed by atoms with Crippen LogP contribution >= 0.6 is 23.1 Å². The molecule has 1 amide bonds. The Morgan fingerprint density at radius 2 is 1.87 bits per heavy atom. The number of aromatic nitrogens is 3. The van der Waals surface area contributed by atoms with Gasteiger partial charge in [-0.3, -0.25) is 4.79 Å². The summed E-state index contributed by atoms with van der Waals surface area (Å²) in [5, 5.41) is 2.16. The molecule has 158 valence electrons. The number of carbonyl (C=O) groups excluding carboxylic acids is 1. The fraction of sp³-hybridized carbons (Fsp3) is 0.565. The second-order valence-corrected chi connectivity index (χ2v) is 10.6. The highest BCUT2D eigenvalue weighted by molar-refractivity contribution is 8.00. The average molecular weight is 441 g/mol. The smallest absolute Gasteiger partial charge is 0.232 e. The predicted octanol–water partition coefficient (Wildman–Crippen LogP) is 5.35. The van der Waals surface area contributed by atoms with Crippen molar-refractivity contribution < 1.29 is 4.79 Å². The molecule has 2 aliphatic rings. The number of aryl methyl sites for hydroxylation is 1. The number of thioether (sulfide) groups is 1. The number of nitrogens with zero attached hydrogens (tertiary/aromatic N) is 4. The summed E-state index contributed by atoms with van der Waals surface area (Å²) >= 11 is 3.25. The first-order valence-electron chi connectivity index (χ1n) is 11.1. The summed E-state index contributed by atoms with van der Waals surface area (Å²) < 4.78 is 1.09. The number of piperidine rings is 1. The summed E-state index contributed by atoms with van der Waals surface area (Å²) in [4.78, 5) is 30.1. The normalized spacial score (nSPS) is 17.1. The van der Waals surface area contributed by atoms with E-state index in [1.165, 1.54) is 41.5 Å². The third-order valence-corrected chi connectivity index (χ3v) is 8.49. The Kier molecular flexibility index (Phi) is 5.67. The third kappa shape index (κ3) is 3.60. The van der Waals surface area contributed by atoms with Gasteiger partial charge in [0, 0.05) is 24.2 Å². The molecule has 7 heteroatoms. The maximum atomic E-state index is 12.6. The van der Waals surface area contributed by atoms with Crippen molar-refractivity contribution in [3.63, 3.8) is 0 Å². The summed E-state index contributed by atoms with van der Waals surface area (Å²) in [5.74, 6) is 1.10. The fourth-order valence-corrected chi connectivity index (χ4v) is 6.96. The Hall–Kier alpha value is -1.73. The van der Waals surface area contributed by atoms with Crippen LogP contribution in [0.3, 0.4) is 0 Å². The lowest BCUT2D eigenvalue weighted by Crippen LogP contribution is -2.36. The molecule has 0 radical (unpaired) electrons. The first-order valence-corrected chi connectivity index (χ1v) is 12.9. The highest BCUT2D eigenvalue weighted by Gasteiger charge is 2.25. The molecule has 3 aromatic heterocycles. The van der Waals surface area contributed by atoms with Gasteiger partial charge < -0.3 is 4.90 Å². The van der Waals surface area contributed by atoms with E-state index in [-0.39, 0.29) is 5.91 Å². The van der Waals surface area contributed by atoms with Gasteiger partial charge in [-0.25, -0.2) is 15.0 Å². The molecule has 0 unspecified atom stereocenters. The van der Waals surface area contributed by atoms with E-state index in [0.717, 1.165) is 58.8 Å². The van der Waals surface area contributed by atoms with Crippen molar-refractivity contribution in [2.24, 2.45) is 0 Å². The minimum absolute atomic E-state index is 0.227. The van der Waals surface area contributed by atoms with E-state index >= 15 is 0 Å². The molecule has 0 spiro atoms. The molecule has 5 rings (SSSR count). The van der Waals surface area contributed by atoms with Crippen LogP contribution in [0.2, 0.25) is 0 Å². The monoisotopic (exact) mass is 440 g/mol. The molecule has 1 saturated heterocycles. The highest BCUT2D eigenvalue weighted by atomic mass is 32.2. The standard InChI is InChI=1S/C23H28N4OS2/c1-14(2)19-16-9-5-4-8-15(16)18-20-21(30-22(18)26-19)23(25-13-24-20)29-12-17(28)27-10-6-3-7-11-27/h13-14H,3-12H2,1-2H3. The van der Waals surface area contributed by atoms with Gasteiger partial charge >= 0.3 is 0 Å². The maximum Gasteiger partial charge on any atom is 0.232 e. The molecule has 4 heterocycles. The van der Waals surface area contributed by atoms with Crippen LogP contribution in [0.25, 0.3) is 20.4 Å². The van der Waals surface area contributed by atoms with Crippen molar-refractivity contribution in [1.29, 1.82) is 0 Å². The van der Waals surface area contributed by atoms with Gasteiger partial charge in [-0.2, -0.15) is 0 Å². The lowest BCUT2D eigenvalue weighted by atomic mass is 9.86. The zero-order valence-electron chi connectivity index (χ0n) is 17.7.